The lowest BCUT2D eigenvalue weighted by atomic mass is 10.1. The Kier molecular flexibility index (Phi) is 1.96. The van der Waals surface area contributed by atoms with Crippen molar-refractivity contribution in [3.05, 3.63) is 16.6 Å². The molecule has 8 nitrogen and oxygen atoms in total. The third-order valence-corrected chi connectivity index (χ3v) is 2.67. The molecule has 0 aliphatic carbocycles. The van der Waals surface area contributed by atoms with Crippen molar-refractivity contribution in [1.82, 2.24) is 14.8 Å². The monoisotopic (exact) mass is 227 g/mol. The van der Waals surface area contributed by atoms with E-state index in [-0.39, 0.29) is 12.6 Å². The van der Waals surface area contributed by atoms with Gasteiger partial charge in [-0.15, -0.1) is 0 Å². The largest absolute Gasteiger partial charge is 0.452 e. The topological polar surface area (TPSA) is 107 Å². The lowest BCUT2D eigenvalue weighted by Gasteiger charge is -2.13. The second-order valence-corrected chi connectivity index (χ2v) is 3.64. The van der Waals surface area contributed by atoms with Gasteiger partial charge in [-0.25, -0.2) is 0 Å². The van der Waals surface area contributed by atoms with Crippen LogP contribution in [0, 0.1) is 0 Å². The van der Waals surface area contributed by atoms with Crippen molar-refractivity contribution in [3.63, 3.8) is 0 Å². The quantitative estimate of drug-likeness (QED) is 0.553. The molecule has 1 aromatic heterocycles. The molecule has 4 atom stereocenters. The van der Waals surface area contributed by atoms with Crippen LogP contribution in [0.2, 0.25) is 0 Å². The van der Waals surface area contributed by atoms with Crippen LogP contribution in [0.5, 0.6) is 6.01 Å². The maximum atomic E-state index is 10.9. The van der Waals surface area contributed by atoms with Crippen molar-refractivity contribution in [3.8, 4) is 6.01 Å². The highest BCUT2D eigenvalue weighted by Crippen LogP contribution is 2.37. The number of hydrogen-bond donors (Lipinski definition) is 2. The van der Waals surface area contributed by atoms with Crippen molar-refractivity contribution in [1.29, 1.82) is 0 Å². The van der Waals surface area contributed by atoms with Crippen LogP contribution in [0.3, 0.4) is 0 Å². The molecule has 1 aromatic rings. The Morgan fingerprint density at radius 1 is 1.56 bits per heavy atom. The summed E-state index contributed by atoms with van der Waals surface area (Å²) >= 11 is 0. The van der Waals surface area contributed by atoms with Gasteiger partial charge in [0.2, 0.25) is 0 Å². The molecular weight excluding hydrogens is 218 g/mol. The molecule has 8 heteroatoms. The number of aliphatic hydroxyl groups excluding tert-OH is 2. The molecule has 3 rings (SSSR count). The second-order valence-electron chi connectivity index (χ2n) is 3.64. The second kappa shape index (κ2) is 3.24. The first-order valence-corrected chi connectivity index (χ1v) is 4.77. The maximum absolute atomic E-state index is 10.9. The normalized spacial score (nSPS) is 35.6. The molecule has 2 aliphatic rings. The van der Waals surface area contributed by atoms with Crippen molar-refractivity contribution in [2.24, 2.45) is 0 Å². The molecule has 86 valence electrons. The SMILES string of the molecule is O=c1cnn2c(n1)O[C@H]1[C@H](O)[C@@H](CO)O[C@H]12. The highest BCUT2D eigenvalue weighted by molar-refractivity contribution is 5.06. The fourth-order valence-electron chi connectivity index (χ4n) is 1.90. The zero-order chi connectivity index (χ0) is 11.3. The van der Waals surface area contributed by atoms with Gasteiger partial charge >= 0.3 is 6.01 Å². The molecule has 0 bridgehead atoms. The van der Waals surface area contributed by atoms with Gasteiger partial charge in [-0.2, -0.15) is 14.8 Å². The Bertz CT molecular complexity index is 475. The zero-order valence-corrected chi connectivity index (χ0v) is 8.05. The number of rotatable bonds is 1. The van der Waals surface area contributed by atoms with E-state index in [0.717, 1.165) is 6.20 Å². The Hall–Kier alpha value is -1.51. The zero-order valence-electron chi connectivity index (χ0n) is 8.05. The Balaban J connectivity index is 1.99. The van der Waals surface area contributed by atoms with E-state index in [1.807, 2.05) is 0 Å². The Labute approximate surface area is 89.1 Å². The van der Waals surface area contributed by atoms with Gasteiger partial charge in [-0.1, -0.05) is 0 Å². The molecule has 16 heavy (non-hydrogen) atoms. The minimum absolute atomic E-state index is 0.0259. The van der Waals surface area contributed by atoms with Gasteiger partial charge in [-0.3, -0.25) is 4.79 Å². The van der Waals surface area contributed by atoms with Crippen LogP contribution in [0.1, 0.15) is 6.23 Å². The minimum atomic E-state index is -0.964. The highest BCUT2D eigenvalue weighted by atomic mass is 16.6. The van der Waals surface area contributed by atoms with Gasteiger partial charge < -0.3 is 19.7 Å². The van der Waals surface area contributed by atoms with Crippen LogP contribution < -0.4 is 10.3 Å². The van der Waals surface area contributed by atoms with E-state index < -0.39 is 30.1 Å². The number of ether oxygens (including phenoxy) is 2. The van der Waals surface area contributed by atoms with Gasteiger partial charge in [0, 0.05) is 0 Å². The molecule has 0 spiro atoms. The van der Waals surface area contributed by atoms with Crippen LogP contribution in [0.25, 0.3) is 0 Å². The Morgan fingerprint density at radius 3 is 3.12 bits per heavy atom. The van der Waals surface area contributed by atoms with Gasteiger partial charge in [-0.05, 0) is 0 Å². The Morgan fingerprint density at radius 2 is 2.38 bits per heavy atom. The third kappa shape index (κ3) is 1.17. The summed E-state index contributed by atoms with van der Waals surface area (Å²) in [5.41, 5.74) is -0.514. The van der Waals surface area contributed by atoms with E-state index in [1.54, 1.807) is 0 Å². The fraction of sp³-hybridized carbons (Fsp3) is 0.625. The first kappa shape index (κ1) is 9.70. The average Bonchev–Trinajstić information content (AvgIpc) is 2.75. The molecule has 0 unspecified atom stereocenters. The van der Waals surface area contributed by atoms with Gasteiger partial charge in [0.15, 0.2) is 12.3 Å². The van der Waals surface area contributed by atoms with Crippen molar-refractivity contribution in [2.45, 2.75) is 24.5 Å². The van der Waals surface area contributed by atoms with E-state index in [0.29, 0.717) is 0 Å². The molecular formula is C8H9N3O5. The molecule has 2 N–H and O–H groups in total. The molecule has 0 radical (unpaired) electrons. The van der Waals surface area contributed by atoms with Crippen LogP contribution in [-0.4, -0.2) is 49.9 Å². The van der Waals surface area contributed by atoms with Gasteiger partial charge in [0.1, 0.15) is 18.4 Å². The molecule has 0 saturated carbocycles. The number of nitrogens with zero attached hydrogens (tertiary/aromatic N) is 3. The standard InChI is InChI=1S/C8H9N3O5/c12-2-3-5(14)6-7(15-3)11-8(16-6)10-4(13)1-9-11/h1,3,5-7,12,14H,2H2/t3-,5-,6+,7-/m1/s1. The minimum Gasteiger partial charge on any atom is -0.452 e. The summed E-state index contributed by atoms with van der Waals surface area (Å²) in [6.07, 6.45) is -1.95. The molecule has 2 aliphatic heterocycles. The highest BCUT2D eigenvalue weighted by Gasteiger charge is 2.51. The van der Waals surface area contributed by atoms with E-state index in [2.05, 4.69) is 10.1 Å². The molecule has 1 saturated heterocycles. The van der Waals surface area contributed by atoms with Crippen LogP contribution >= 0.6 is 0 Å². The summed E-state index contributed by atoms with van der Waals surface area (Å²) in [5, 5.41) is 22.5. The first-order valence-electron chi connectivity index (χ1n) is 4.77. The summed E-state index contributed by atoms with van der Waals surface area (Å²) in [5.74, 6) is 0. The fourth-order valence-corrected chi connectivity index (χ4v) is 1.90. The molecule has 0 aromatic carbocycles. The van der Waals surface area contributed by atoms with Gasteiger partial charge in [0.05, 0.1) is 6.61 Å². The summed E-state index contributed by atoms with van der Waals surface area (Å²) in [6, 6.07) is 0.0259. The number of hydrogen-bond acceptors (Lipinski definition) is 7. The predicted octanol–water partition coefficient (Wildman–Crippen LogP) is -2.35. The first-order chi connectivity index (χ1) is 7.70. The number of aliphatic hydroxyl groups is 2. The van der Waals surface area contributed by atoms with E-state index in [4.69, 9.17) is 14.6 Å². The van der Waals surface area contributed by atoms with Gasteiger partial charge in [0.25, 0.3) is 5.56 Å². The summed E-state index contributed by atoms with van der Waals surface area (Å²) in [6.45, 7) is -0.305. The summed E-state index contributed by atoms with van der Waals surface area (Å²) in [4.78, 5) is 14.5. The van der Waals surface area contributed by atoms with Crippen LogP contribution in [0.4, 0.5) is 0 Å². The van der Waals surface area contributed by atoms with E-state index >= 15 is 0 Å². The smallest absolute Gasteiger partial charge is 0.319 e. The van der Waals surface area contributed by atoms with Crippen LogP contribution in [0.15, 0.2) is 11.0 Å². The third-order valence-electron chi connectivity index (χ3n) is 2.67. The summed E-state index contributed by atoms with van der Waals surface area (Å²) in [7, 11) is 0. The van der Waals surface area contributed by atoms with Crippen molar-refractivity contribution < 1.29 is 19.7 Å². The van der Waals surface area contributed by atoms with Crippen LogP contribution in [-0.2, 0) is 4.74 Å². The molecule has 0 amide bonds. The van der Waals surface area contributed by atoms with E-state index in [1.165, 1.54) is 4.68 Å². The predicted molar refractivity (Wildman–Crippen MR) is 47.7 cm³/mol. The number of fused-ring (bicyclic) bond motifs is 3. The maximum Gasteiger partial charge on any atom is 0.319 e. The average molecular weight is 227 g/mol. The van der Waals surface area contributed by atoms with Crippen molar-refractivity contribution >= 4 is 0 Å². The molecule has 3 heterocycles. The van der Waals surface area contributed by atoms with Crippen molar-refractivity contribution in [2.75, 3.05) is 6.61 Å². The van der Waals surface area contributed by atoms with E-state index in [9.17, 15) is 9.90 Å². The lowest BCUT2D eigenvalue weighted by Crippen LogP contribution is -2.34. The summed E-state index contributed by atoms with van der Waals surface area (Å²) < 4.78 is 11.9. The number of aromatic nitrogens is 3. The lowest BCUT2D eigenvalue weighted by molar-refractivity contribution is -0.0476. The molecule has 1 fully saturated rings.